The molecule has 2 aliphatic rings. The maximum Gasteiger partial charge on any atom is 0.0809 e. The summed E-state index contributed by atoms with van der Waals surface area (Å²) in [6.45, 7) is 6.66. The lowest BCUT2D eigenvalue weighted by Crippen LogP contribution is -2.39. The second-order valence-electron chi connectivity index (χ2n) is 6.57. The van der Waals surface area contributed by atoms with E-state index in [2.05, 4.69) is 79.1 Å². The van der Waals surface area contributed by atoms with Crippen molar-refractivity contribution in [3.05, 3.63) is 77.9 Å². The highest BCUT2D eigenvalue weighted by Crippen LogP contribution is 2.43. The monoisotopic (exact) mass is 305 g/mol. The Morgan fingerprint density at radius 1 is 0.913 bits per heavy atom. The number of fused-ring (bicyclic) bond motifs is 1. The van der Waals surface area contributed by atoms with Crippen molar-refractivity contribution < 1.29 is 1.37 Å². The summed E-state index contributed by atoms with van der Waals surface area (Å²) in [7, 11) is 0. The maximum atomic E-state index is 9.19. The molecule has 0 saturated carbocycles. The summed E-state index contributed by atoms with van der Waals surface area (Å²) in [5.74, 6) is 0. The van der Waals surface area contributed by atoms with Gasteiger partial charge in [-0.25, -0.2) is 0 Å². The molecule has 4 atom stereocenters. The van der Waals surface area contributed by atoms with Crippen molar-refractivity contribution in [1.82, 2.24) is 4.90 Å². The predicted molar refractivity (Wildman–Crippen MR) is 96.5 cm³/mol. The van der Waals surface area contributed by atoms with Gasteiger partial charge in [-0.2, -0.15) is 0 Å². The minimum absolute atomic E-state index is 0.166. The number of aryl methyl sites for hydroxylation is 1. The van der Waals surface area contributed by atoms with Gasteiger partial charge in [0.25, 0.3) is 0 Å². The lowest BCUT2D eigenvalue weighted by Gasteiger charge is -2.33. The van der Waals surface area contributed by atoms with Crippen molar-refractivity contribution in [2.24, 2.45) is 0 Å². The molecule has 2 aliphatic heterocycles. The van der Waals surface area contributed by atoms with Crippen LogP contribution >= 0.6 is 0 Å². The molecular weight excluding hydrogens is 280 g/mol. The summed E-state index contributed by atoms with van der Waals surface area (Å²) in [4.78, 5) is 4.80. The molecular formula is C21H24N2. The summed E-state index contributed by atoms with van der Waals surface area (Å²) in [6, 6.07) is 18.5. The van der Waals surface area contributed by atoms with Crippen molar-refractivity contribution in [1.29, 1.82) is 0 Å². The third kappa shape index (κ3) is 2.21. The van der Waals surface area contributed by atoms with Gasteiger partial charge in [-0.1, -0.05) is 60.7 Å². The molecule has 0 N–H and O–H groups in total. The third-order valence-electron chi connectivity index (χ3n) is 5.25. The minimum Gasteiger partial charge on any atom is -0.351 e. The van der Waals surface area contributed by atoms with Crippen LogP contribution in [0.1, 0.15) is 32.4 Å². The summed E-state index contributed by atoms with van der Waals surface area (Å²) in [5, 5.41) is 0. The summed E-state index contributed by atoms with van der Waals surface area (Å²) in [5.41, 5.74) is 3.60. The van der Waals surface area contributed by atoms with Crippen molar-refractivity contribution in [3.63, 3.8) is 0 Å². The van der Waals surface area contributed by atoms with E-state index < -0.39 is 6.02 Å². The Bertz CT molecular complexity index is 772. The fourth-order valence-electron chi connectivity index (χ4n) is 4.14. The van der Waals surface area contributed by atoms with Crippen molar-refractivity contribution in [2.75, 3.05) is 4.90 Å². The Hall–Kier alpha value is -2.06. The van der Waals surface area contributed by atoms with Gasteiger partial charge in [-0.3, -0.25) is 4.90 Å². The zero-order valence-electron chi connectivity index (χ0n) is 15.0. The summed E-state index contributed by atoms with van der Waals surface area (Å²) in [6.07, 6.45) is 4.45. The Morgan fingerprint density at radius 2 is 1.61 bits per heavy atom. The molecule has 0 radical (unpaired) electrons. The van der Waals surface area contributed by atoms with Crippen LogP contribution in [0.3, 0.4) is 0 Å². The largest absolute Gasteiger partial charge is 0.351 e. The second kappa shape index (κ2) is 5.54. The average molecular weight is 305 g/mol. The van der Waals surface area contributed by atoms with E-state index in [-0.39, 0.29) is 12.2 Å². The van der Waals surface area contributed by atoms with Crippen LogP contribution in [0.25, 0.3) is 0 Å². The van der Waals surface area contributed by atoms with Gasteiger partial charge in [0.2, 0.25) is 0 Å². The Labute approximate surface area is 140 Å². The molecule has 1 saturated heterocycles. The van der Waals surface area contributed by atoms with E-state index in [9.17, 15) is 1.37 Å². The summed E-state index contributed by atoms with van der Waals surface area (Å²) < 4.78 is 9.19. The van der Waals surface area contributed by atoms with Gasteiger partial charge in [-0.15, -0.1) is 0 Å². The van der Waals surface area contributed by atoms with Crippen LogP contribution in [0.2, 0.25) is 0 Å². The van der Waals surface area contributed by atoms with Gasteiger partial charge in [0, 0.05) is 11.7 Å². The first-order valence-electron chi connectivity index (χ1n) is 8.91. The Kier molecular flexibility index (Phi) is 3.22. The number of hydrogen-bond acceptors (Lipinski definition) is 2. The standard InChI is InChI=1S/C21H24N2/c1-15-9-7-8-12-19(15)22-16(2)20-13-14-21(23(20)17(22)3)18-10-5-4-6-11-18/h4-14,16-17,20-21H,1-3H3/t16-,17?,20?,21?/m0/s1/i21D. The highest BCUT2D eigenvalue weighted by molar-refractivity contribution is 5.57. The molecule has 2 heteroatoms. The van der Waals surface area contributed by atoms with Crippen LogP contribution in [0, 0.1) is 6.92 Å². The van der Waals surface area contributed by atoms with Crippen molar-refractivity contribution >= 4 is 5.69 Å². The molecule has 0 bridgehead atoms. The summed E-state index contributed by atoms with van der Waals surface area (Å²) >= 11 is 0. The van der Waals surface area contributed by atoms with E-state index in [1.54, 1.807) is 0 Å². The van der Waals surface area contributed by atoms with Gasteiger partial charge in [-0.05, 0) is 38.0 Å². The smallest absolute Gasteiger partial charge is 0.0809 e. The molecule has 0 spiro atoms. The minimum atomic E-state index is -0.795. The lowest BCUT2D eigenvalue weighted by atomic mass is 10.1. The van der Waals surface area contributed by atoms with Gasteiger partial charge in [0.15, 0.2) is 0 Å². The number of hydrogen-bond donors (Lipinski definition) is 0. The Balaban J connectivity index is 1.76. The SMILES string of the molecule is [2H]C1(c2ccccc2)C=CC2[C@H](C)N(c3ccccc3C)C(C)N21. The quantitative estimate of drug-likeness (QED) is 0.752. The lowest BCUT2D eigenvalue weighted by molar-refractivity contribution is 0.206. The first-order chi connectivity index (χ1) is 11.5. The van der Waals surface area contributed by atoms with Crippen LogP contribution in [-0.2, 0) is 0 Å². The Morgan fingerprint density at radius 3 is 2.35 bits per heavy atom. The van der Waals surface area contributed by atoms with Crippen LogP contribution in [0.15, 0.2) is 66.7 Å². The molecule has 2 aromatic carbocycles. The first kappa shape index (κ1) is 13.4. The molecule has 1 fully saturated rings. The highest BCUT2D eigenvalue weighted by atomic mass is 15.5. The van der Waals surface area contributed by atoms with Crippen LogP contribution < -0.4 is 4.90 Å². The molecule has 3 unspecified atom stereocenters. The number of benzene rings is 2. The molecule has 23 heavy (non-hydrogen) atoms. The van der Waals surface area contributed by atoms with E-state index in [4.69, 9.17) is 0 Å². The number of anilines is 1. The first-order valence-corrected chi connectivity index (χ1v) is 8.41. The molecule has 2 aromatic rings. The molecule has 0 aromatic heterocycles. The zero-order valence-corrected chi connectivity index (χ0v) is 14.0. The van der Waals surface area contributed by atoms with E-state index in [0.29, 0.717) is 6.04 Å². The van der Waals surface area contributed by atoms with Crippen molar-refractivity contribution in [2.45, 2.75) is 45.0 Å². The molecule has 118 valence electrons. The predicted octanol–water partition coefficient (Wildman–Crippen LogP) is 4.53. The van der Waals surface area contributed by atoms with Gasteiger partial charge >= 0.3 is 0 Å². The molecule has 0 amide bonds. The van der Waals surface area contributed by atoms with E-state index in [1.807, 2.05) is 18.2 Å². The number of nitrogens with zero attached hydrogens (tertiary/aromatic N) is 2. The third-order valence-corrected chi connectivity index (χ3v) is 5.25. The van der Waals surface area contributed by atoms with Gasteiger partial charge < -0.3 is 4.90 Å². The normalized spacial score (nSPS) is 33.8. The van der Waals surface area contributed by atoms with Gasteiger partial charge in [0.1, 0.15) is 0 Å². The van der Waals surface area contributed by atoms with Crippen LogP contribution in [0.4, 0.5) is 5.69 Å². The zero-order chi connectivity index (χ0) is 16.9. The van der Waals surface area contributed by atoms with Crippen LogP contribution in [0.5, 0.6) is 0 Å². The van der Waals surface area contributed by atoms with Gasteiger partial charge in [0.05, 0.1) is 19.6 Å². The highest BCUT2D eigenvalue weighted by Gasteiger charge is 2.47. The van der Waals surface area contributed by atoms with E-state index in [1.165, 1.54) is 11.3 Å². The van der Waals surface area contributed by atoms with E-state index >= 15 is 0 Å². The average Bonchev–Trinajstić information content (AvgIpc) is 3.07. The molecule has 4 rings (SSSR count). The fourth-order valence-corrected chi connectivity index (χ4v) is 4.14. The number of rotatable bonds is 2. The topological polar surface area (TPSA) is 6.48 Å². The molecule has 2 nitrogen and oxygen atoms in total. The van der Waals surface area contributed by atoms with Crippen molar-refractivity contribution in [3.8, 4) is 0 Å². The molecule has 0 aliphatic carbocycles. The molecule has 2 heterocycles. The maximum absolute atomic E-state index is 9.19. The van der Waals surface area contributed by atoms with Crippen LogP contribution in [-0.4, -0.2) is 23.1 Å². The fraction of sp³-hybridized carbons (Fsp3) is 0.333. The second-order valence-corrected chi connectivity index (χ2v) is 6.57. The number of para-hydroxylation sites is 1. The van der Waals surface area contributed by atoms with E-state index in [0.717, 1.165) is 5.56 Å².